The number of aromatic nitrogens is 3. The van der Waals surface area contributed by atoms with Crippen molar-refractivity contribution in [1.29, 1.82) is 0 Å². The summed E-state index contributed by atoms with van der Waals surface area (Å²) in [6.45, 7) is 7.04. The molecule has 3 heterocycles. The van der Waals surface area contributed by atoms with Crippen LogP contribution in [0.2, 0.25) is 0 Å². The van der Waals surface area contributed by atoms with E-state index in [4.69, 9.17) is 4.74 Å². The highest BCUT2D eigenvalue weighted by atomic mass is 32.1. The van der Waals surface area contributed by atoms with E-state index in [2.05, 4.69) is 35.3 Å². The first-order valence-electron chi connectivity index (χ1n) is 7.90. The highest BCUT2D eigenvalue weighted by Gasteiger charge is 2.31. The lowest BCUT2D eigenvalue weighted by Crippen LogP contribution is -2.25. The van der Waals surface area contributed by atoms with Gasteiger partial charge in [0.2, 0.25) is 0 Å². The van der Waals surface area contributed by atoms with Gasteiger partial charge in [-0.25, -0.2) is 4.98 Å². The SMILES string of the molecule is CC(C)c1cnc(CNC[C@@H]2CCO[C@H]2c2ccnn2C)s1. The second-order valence-corrected chi connectivity index (χ2v) is 7.31. The van der Waals surface area contributed by atoms with Crippen LogP contribution in [-0.4, -0.2) is 27.9 Å². The molecule has 1 N–H and O–H groups in total. The summed E-state index contributed by atoms with van der Waals surface area (Å²) >= 11 is 1.81. The van der Waals surface area contributed by atoms with Gasteiger partial charge in [-0.3, -0.25) is 4.68 Å². The Morgan fingerprint density at radius 3 is 3.05 bits per heavy atom. The topological polar surface area (TPSA) is 52.0 Å². The zero-order valence-corrected chi connectivity index (χ0v) is 14.3. The fourth-order valence-corrected chi connectivity index (χ4v) is 3.76. The van der Waals surface area contributed by atoms with Gasteiger partial charge in [0.15, 0.2) is 0 Å². The molecule has 2 aromatic heterocycles. The van der Waals surface area contributed by atoms with Gasteiger partial charge in [-0.2, -0.15) is 5.10 Å². The quantitative estimate of drug-likeness (QED) is 0.889. The van der Waals surface area contributed by atoms with Gasteiger partial charge in [0.05, 0.1) is 5.69 Å². The van der Waals surface area contributed by atoms with E-state index in [-0.39, 0.29) is 6.10 Å². The number of rotatable bonds is 6. The van der Waals surface area contributed by atoms with Crippen molar-refractivity contribution < 1.29 is 4.74 Å². The monoisotopic (exact) mass is 320 g/mol. The van der Waals surface area contributed by atoms with E-state index in [1.54, 1.807) is 11.3 Å². The predicted octanol–water partition coefficient (Wildman–Crippen LogP) is 2.87. The fraction of sp³-hybridized carbons (Fsp3) is 0.625. The summed E-state index contributed by atoms with van der Waals surface area (Å²) in [7, 11) is 1.98. The van der Waals surface area contributed by atoms with Gasteiger partial charge in [0.1, 0.15) is 11.1 Å². The molecule has 1 aliphatic rings. The third-order valence-electron chi connectivity index (χ3n) is 4.19. The molecule has 0 saturated carbocycles. The summed E-state index contributed by atoms with van der Waals surface area (Å²) in [4.78, 5) is 5.85. The molecule has 5 nitrogen and oxygen atoms in total. The van der Waals surface area contributed by atoms with E-state index < -0.39 is 0 Å². The van der Waals surface area contributed by atoms with Crippen LogP contribution in [-0.2, 0) is 18.3 Å². The molecule has 0 spiro atoms. The second kappa shape index (κ2) is 6.89. The van der Waals surface area contributed by atoms with Crippen molar-refractivity contribution in [3.05, 3.63) is 34.0 Å². The van der Waals surface area contributed by atoms with Crippen LogP contribution in [0, 0.1) is 5.92 Å². The van der Waals surface area contributed by atoms with Crippen molar-refractivity contribution in [1.82, 2.24) is 20.1 Å². The van der Waals surface area contributed by atoms with E-state index in [9.17, 15) is 0 Å². The van der Waals surface area contributed by atoms with Crippen LogP contribution in [0.25, 0.3) is 0 Å². The van der Waals surface area contributed by atoms with Gasteiger partial charge < -0.3 is 10.1 Å². The van der Waals surface area contributed by atoms with Gasteiger partial charge in [0.25, 0.3) is 0 Å². The molecule has 22 heavy (non-hydrogen) atoms. The summed E-state index contributed by atoms with van der Waals surface area (Å²) in [5, 5.41) is 8.96. The largest absolute Gasteiger partial charge is 0.372 e. The van der Waals surface area contributed by atoms with E-state index in [0.29, 0.717) is 11.8 Å². The average Bonchev–Trinajstić information content (AvgIpc) is 3.19. The van der Waals surface area contributed by atoms with Gasteiger partial charge in [-0.15, -0.1) is 11.3 Å². The molecule has 0 aromatic carbocycles. The Balaban J connectivity index is 1.53. The minimum absolute atomic E-state index is 0.155. The van der Waals surface area contributed by atoms with Crippen LogP contribution < -0.4 is 5.32 Å². The molecule has 2 aromatic rings. The minimum Gasteiger partial charge on any atom is -0.372 e. The first kappa shape index (κ1) is 15.6. The van der Waals surface area contributed by atoms with Crippen LogP contribution in [0.4, 0.5) is 0 Å². The normalized spacial score (nSPS) is 21.8. The maximum atomic E-state index is 5.92. The molecule has 1 saturated heterocycles. The first-order valence-corrected chi connectivity index (χ1v) is 8.71. The summed E-state index contributed by atoms with van der Waals surface area (Å²) in [5.41, 5.74) is 1.17. The second-order valence-electron chi connectivity index (χ2n) is 6.16. The summed E-state index contributed by atoms with van der Waals surface area (Å²) in [6, 6.07) is 2.05. The van der Waals surface area contributed by atoms with Crippen molar-refractivity contribution >= 4 is 11.3 Å². The molecule has 0 unspecified atom stereocenters. The molecule has 120 valence electrons. The summed E-state index contributed by atoms with van der Waals surface area (Å²) in [5.74, 6) is 1.06. The van der Waals surface area contributed by atoms with Crippen LogP contribution in [0.5, 0.6) is 0 Å². The predicted molar refractivity (Wildman–Crippen MR) is 87.9 cm³/mol. The van der Waals surface area contributed by atoms with Crippen molar-refractivity contribution in [2.24, 2.45) is 13.0 Å². The van der Waals surface area contributed by atoms with E-state index in [1.165, 1.54) is 15.6 Å². The van der Waals surface area contributed by atoms with Gasteiger partial charge in [-0.05, 0) is 18.4 Å². The molecule has 0 bridgehead atoms. The number of nitrogens with zero attached hydrogens (tertiary/aromatic N) is 3. The molecule has 0 radical (unpaired) electrons. The molecule has 0 aliphatic carbocycles. The highest BCUT2D eigenvalue weighted by Crippen LogP contribution is 2.33. The molecule has 2 atom stereocenters. The van der Waals surface area contributed by atoms with Gasteiger partial charge in [0, 0.05) is 49.9 Å². The zero-order valence-electron chi connectivity index (χ0n) is 13.5. The minimum atomic E-state index is 0.155. The standard InChI is InChI=1S/C16H24N4OS/c1-11(2)14-9-18-15(22-14)10-17-8-12-5-7-21-16(12)13-4-6-19-20(13)3/h4,6,9,11-12,16-17H,5,7-8,10H2,1-3H3/t12-,16+/m0/s1. The van der Waals surface area contributed by atoms with Crippen LogP contribution in [0.1, 0.15) is 47.9 Å². The van der Waals surface area contributed by atoms with Crippen LogP contribution >= 0.6 is 11.3 Å². The molecule has 3 rings (SSSR count). The van der Waals surface area contributed by atoms with Crippen molar-refractivity contribution in [2.75, 3.05) is 13.2 Å². The van der Waals surface area contributed by atoms with Gasteiger partial charge >= 0.3 is 0 Å². The smallest absolute Gasteiger partial charge is 0.107 e. The lowest BCUT2D eigenvalue weighted by atomic mass is 9.99. The Hall–Kier alpha value is -1.24. The number of thiazole rings is 1. The summed E-state index contributed by atoms with van der Waals surface area (Å²) in [6.07, 6.45) is 5.09. The summed E-state index contributed by atoms with van der Waals surface area (Å²) < 4.78 is 7.83. The van der Waals surface area contributed by atoms with E-state index in [0.717, 1.165) is 26.1 Å². The number of nitrogens with one attached hydrogen (secondary N) is 1. The van der Waals surface area contributed by atoms with Crippen molar-refractivity contribution in [2.45, 2.75) is 38.8 Å². The third-order valence-corrected chi connectivity index (χ3v) is 5.49. The lowest BCUT2D eigenvalue weighted by Gasteiger charge is -2.19. The van der Waals surface area contributed by atoms with E-state index in [1.807, 2.05) is 24.1 Å². The third kappa shape index (κ3) is 3.39. The lowest BCUT2D eigenvalue weighted by molar-refractivity contribution is 0.0838. The number of aryl methyl sites for hydroxylation is 1. The molecule has 0 amide bonds. The Bertz CT molecular complexity index is 607. The van der Waals surface area contributed by atoms with Crippen molar-refractivity contribution in [3.63, 3.8) is 0 Å². The van der Waals surface area contributed by atoms with Crippen LogP contribution in [0.3, 0.4) is 0 Å². The number of hydrogen-bond donors (Lipinski definition) is 1. The Morgan fingerprint density at radius 2 is 2.36 bits per heavy atom. The maximum absolute atomic E-state index is 5.92. The molecule has 1 aliphatic heterocycles. The van der Waals surface area contributed by atoms with E-state index >= 15 is 0 Å². The molecule has 6 heteroatoms. The Kier molecular flexibility index (Phi) is 4.90. The van der Waals surface area contributed by atoms with Crippen molar-refractivity contribution in [3.8, 4) is 0 Å². The molecular weight excluding hydrogens is 296 g/mol. The average molecular weight is 320 g/mol. The Morgan fingerprint density at radius 1 is 1.50 bits per heavy atom. The molecular formula is C16H24N4OS. The number of ether oxygens (including phenoxy) is 1. The zero-order chi connectivity index (χ0) is 15.5. The first-order chi connectivity index (χ1) is 10.6. The number of hydrogen-bond acceptors (Lipinski definition) is 5. The fourth-order valence-electron chi connectivity index (χ4n) is 2.87. The Labute approximate surface area is 135 Å². The van der Waals surface area contributed by atoms with Crippen LogP contribution in [0.15, 0.2) is 18.5 Å². The van der Waals surface area contributed by atoms with Gasteiger partial charge in [-0.1, -0.05) is 13.8 Å². The maximum Gasteiger partial charge on any atom is 0.107 e. The highest BCUT2D eigenvalue weighted by molar-refractivity contribution is 7.11. The molecule has 1 fully saturated rings.